The summed E-state index contributed by atoms with van der Waals surface area (Å²) < 4.78 is 30.2. The number of hydrogen-bond donors (Lipinski definition) is 1. The molecule has 0 aliphatic carbocycles. The summed E-state index contributed by atoms with van der Waals surface area (Å²) in [5, 5.41) is 4.40. The lowest BCUT2D eigenvalue weighted by Gasteiger charge is -2.21. The molecular formula is C18H20ClN3O4S. The predicted molar refractivity (Wildman–Crippen MR) is 107 cm³/mol. The Kier molecular flexibility index (Phi) is 6.81. The van der Waals surface area contributed by atoms with Crippen LogP contribution in [0.5, 0.6) is 5.75 Å². The Bertz CT molecular complexity index is 943. The number of amides is 1. The SMILES string of the molecule is COc1ccc(/C(C)=N\NC(=O)CN(c2cccc(Cl)c2)S(C)(=O)=O)cc1. The van der Waals surface area contributed by atoms with Crippen LogP contribution in [-0.2, 0) is 14.8 Å². The molecule has 0 aromatic heterocycles. The van der Waals surface area contributed by atoms with Gasteiger partial charge < -0.3 is 4.74 Å². The molecule has 1 N–H and O–H groups in total. The number of carbonyl (C=O) groups is 1. The summed E-state index contributed by atoms with van der Waals surface area (Å²) in [6, 6.07) is 13.4. The van der Waals surface area contributed by atoms with Crippen LogP contribution in [0.25, 0.3) is 0 Å². The number of carbonyl (C=O) groups excluding carboxylic acids is 1. The molecule has 1 amide bonds. The summed E-state index contributed by atoms with van der Waals surface area (Å²) in [5.41, 5.74) is 4.04. The van der Waals surface area contributed by atoms with Crippen molar-refractivity contribution in [2.75, 3.05) is 24.2 Å². The average Bonchev–Trinajstić information content (AvgIpc) is 2.63. The maximum absolute atomic E-state index is 12.2. The molecule has 0 aliphatic rings. The first kappa shape index (κ1) is 20.7. The average molecular weight is 410 g/mol. The molecule has 0 unspecified atom stereocenters. The summed E-state index contributed by atoms with van der Waals surface area (Å²) >= 11 is 5.91. The van der Waals surface area contributed by atoms with Crippen molar-refractivity contribution in [3.63, 3.8) is 0 Å². The van der Waals surface area contributed by atoms with Crippen LogP contribution in [0.4, 0.5) is 5.69 Å². The van der Waals surface area contributed by atoms with E-state index in [2.05, 4.69) is 10.5 Å². The third-order valence-electron chi connectivity index (χ3n) is 3.64. The van der Waals surface area contributed by atoms with Gasteiger partial charge in [0.1, 0.15) is 12.3 Å². The van der Waals surface area contributed by atoms with Crippen LogP contribution in [0, 0.1) is 0 Å². The van der Waals surface area contributed by atoms with Gasteiger partial charge >= 0.3 is 0 Å². The molecule has 7 nitrogen and oxygen atoms in total. The first-order chi connectivity index (χ1) is 12.7. The number of benzene rings is 2. The van der Waals surface area contributed by atoms with Crippen molar-refractivity contribution in [1.29, 1.82) is 0 Å². The predicted octanol–water partition coefficient (Wildman–Crippen LogP) is 2.66. The number of ether oxygens (including phenoxy) is 1. The first-order valence-corrected chi connectivity index (χ1v) is 10.1. The minimum atomic E-state index is -3.68. The zero-order valence-electron chi connectivity index (χ0n) is 15.1. The number of sulfonamides is 1. The third-order valence-corrected chi connectivity index (χ3v) is 5.02. The molecule has 0 heterocycles. The smallest absolute Gasteiger partial charge is 0.260 e. The lowest BCUT2D eigenvalue weighted by molar-refractivity contribution is -0.119. The maximum Gasteiger partial charge on any atom is 0.260 e. The van der Waals surface area contributed by atoms with Gasteiger partial charge in [-0.25, -0.2) is 13.8 Å². The molecule has 0 saturated heterocycles. The first-order valence-electron chi connectivity index (χ1n) is 7.91. The summed E-state index contributed by atoms with van der Waals surface area (Å²) in [5.74, 6) is 0.133. The third kappa shape index (κ3) is 5.97. The van der Waals surface area contributed by atoms with Gasteiger partial charge in [0.05, 0.1) is 24.8 Å². The Morgan fingerprint density at radius 3 is 2.44 bits per heavy atom. The van der Waals surface area contributed by atoms with Gasteiger partial charge in [-0.2, -0.15) is 5.10 Å². The second-order valence-corrected chi connectivity index (χ2v) is 8.05. The Morgan fingerprint density at radius 2 is 1.89 bits per heavy atom. The molecule has 0 saturated carbocycles. The van der Waals surface area contributed by atoms with Gasteiger partial charge in [0.2, 0.25) is 10.0 Å². The number of anilines is 1. The number of halogens is 1. The van der Waals surface area contributed by atoms with Gasteiger partial charge in [0, 0.05) is 5.02 Å². The molecule has 0 fully saturated rings. The summed E-state index contributed by atoms with van der Waals surface area (Å²) in [7, 11) is -2.10. The molecule has 0 aliphatic heterocycles. The largest absolute Gasteiger partial charge is 0.497 e. The van der Waals surface area contributed by atoms with E-state index in [9.17, 15) is 13.2 Å². The second-order valence-electron chi connectivity index (χ2n) is 5.71. The zero-order valence-corrected chi connectivity index (χ0v) is 16.7. The topological polar surface area (TPSA) is 88.1 Å². The Morgan fingerprint density at radius 1 is 1.22 bits per heavy atom. The Labute approximate surface area is 163 Å². The highest BCUT2D eigenvalue weighted by Gasteiger charge is 2.21. The molecular weight excluding hydrogens is 390 g/mol. The molecule has 0 bridgehead atoms. The van der Waals surface area contributed by atoms with Gasteiger partial charge in [-0.05, 0) is 55.0 Å². The number of nitrogens with one attached hydrogen (secondary N) is 1. The van der Waals surface area contributed by atoms with Crippen LogP contribution in [0.2, 0.25) is 5.02 Å². The highest BCUT2D eigenvalue weighted by atomic mass is 35.5. The van der Waals surface area contributed by atoms with Crippen molar-refractivity contribution in [1.82, 2.24) is 5.43 Å². The molecule has 0 spiro atoms. The van der Waals surface area contributed by atoms with E-state index in [1.54, 1.807) is 56.5 Å². The van der Waals surface area contributed by atoms with E-state index in [4.69, 9.17) is 16.3 Å². The lowest BCUT2D eigenvalue weighted by atomic mass is 10.1. The molecule has 144 valence electrons. The van der Waals surface area contributed by atoms with Crippen LogP contribution in [0.1, 0.15) is 12.5 Å². The molecule has 0 atom stereocenters. The van der Waals surface area contributed by atoms with Crippen LogP contribution >= 0.6 is 11.6 Å². The number of hydrogen-bond acceptors (Lipinski definition) is 5. The van der Waals surface area contributed by atoms with Gasteiger partial charge in [-0.1, -0.05) is 17.7 Å². The summed E-state index contributed by atoms with van der Waals surface area (Å²) in [6.07, 6.45) is 1.02. The van der Waals surface area contributed by atoms with E-state index in [0.717, 1.165) is 16.1 Å². The van der Waals surface area contributed by atoms with Gasteiger partial charge in [0.25, 0.3) is 5.91 Å². The summed E-state index contributed by atoms with van der Waals surface area (Å²) in [6.45, 7) is 1.31. The molecule has 2 aromatic rings. The second kappa shape index (κ2) is 8.88. The van der Waals surface area contributed by atoms with Crippen molar-refractivity contribution in [3.05, 3.63) is 59.1 Å². The van der Waals surface area contributed by atoms with Crippen LogP contribution in [0.3, 0.4) is 0 Å². The fourth-order valence-corrected chi connectivity index (χ4v) is 3.27. The van der Waals surface area contributed by atoms with E-state index in [0.29, 0.717) is 22.2 Å². The normalized spacial score (nSPS) is 11.8. The highest BCUT2D eigenvalue weighted by Crippen LogP contribution is 2.21. The number of hydrazone groups is 1. The van der Waals surface area contributed by atoms with Crippen LogP contribution in [0.15, 0.2) is 53.6 Å². The van der Waals surface area contributed by atoms with E-state index < -0.39 is 22.5 Å². The van der Waals surface area contributed by atoms with Crippen molar-refractivity contribution in [2.45, 2.75) is 6.92 Å². The number of rotatable bonds is 7. The van der Waals surface area contributed by atoms with Crippen molar-refractivity contribution < 1.29 is 17.9 Å². The fraction of sp³-hybridized carbons (Fsp3) is 0.222. The van der Waals surface area contributed by atoms with Gasteiger partial charge in [-0.3, -0.25) is 9.10 Å². The van der Waals surface area contributed by atoms with Gasteiger partial charge in [0.15, 0.2) is 0 Å². The standard InChI is InChI=1S/C18H20ClN3O4S/c1-13(14-7-9-17(26-2)10-8-14)20-21-18(23)12-22(27(3,24)25)16-6-4-5-15(19)11-16/h4-11H,12H2,1-3H3,(H,21,23)/b20-13-. The monoisotopic (exact) mass is 409 g/mol. The van der Waals surface area contributed by atoms with E-state index in [-0.39, 0.29) is 0 Å². The van der Waals surface area contributed by atoms with Crippen LogP contribution in [-0.4, -0.2) is 39.9 Å². The zero-order chi connectivity index (χ0) is 20.0. The number of methoxy groups -OCH3 is 1. The summed E-state index contributed by atoms with van der Waals surface area (Å²) in [4.78, 5) is 12.2. The molecule has 0 radical (unpaired) electrons. The lowest BCUT2D eigenvalue weighted by Crippen LogP contribution is -2.39. The number of nitrogens with zero attached hydrogens (tertiary/aromatic N) is 2. The molecule has 9 heteroatoms. The van der Waals surface area contributed by atoms with E-state index in [1.165, 1.54) is 6.07 Å². The maximum atomic E-state index is 12.2. The minimum absolute atomic E-state index is 0.302. The van der Waals surface area contributed by atoms with Crippen molar-refractivity contribution in [2.24, 2.45) is 5.10 Å². The van der Waals surface area contributed by atoms with Gasteiger partial charge in [-0.15, -0.1) is 0 Å². The molecule has 27 heavy (non-hydrogen) atoms. The molecule has 2 aromatic carbocycles. The molecule has 2 rings (SSSR count). The highest BCUT2D eigenvalue weighted by molar-refractivity contribution is 7.92. The van der Waals surface area contributed by atoms with E-state index in [1.807, 2.05) is 0 Å². The Hall–Kier alpha value is -2.58. The Balaban J connectivity index is 2.11. The van der Waals surface area contributed by atoms with Crippen molar-refractivity contribution in [3.8, 4) is 5.75 Å². The van der Waals surface area contributed by atoms with Crippen molar-refractivity contribution >= 4 is 38.9 Å². The van der Waals surface area contributed by atoms with Crippen LogP contribution < -0.4 is 14.5 Å². The fourth-order valence-electron chi connectivity index (χ4n) is 2.24. The van der Waals surface area contributed by atoms with E-state index >= 15 is 0 Å². The quantitative estimate of drug-likeness (QED) is 0.562. The minimum Gasteiger partial charge on any atom is -0.497 e.